The quantitative estimate of drug-likeness (QED) is 0.716. The molecule has 0 rings (SSSR count). The normalized spacial score (nSPS) is 14.9. The van der Waals surface area contributed by atoms with Gasteiger partial charge in [-0.2, -0.15) is 13.2 Å². The highest BCUT2D eigenvalue weighted by Crippen LogP contribution is 2.29. The third kappa shape index (κ3) is 5.50. The van der Waals surface area contributed by atoms with Crippen molar-refractivity contribution in [1.82, 2.24) is 10.6 Å². The number of amides is 2. The summed E-state index contributed by atoms with van der Waals surface area (Å²) in [4.78, 5) is 21.8. The first kappa shape index (κ1) is 15.7. The van der Waals surface area contributed by atoms with Gasteiger partial charge in [0.15, 0.2) is 6.17 Å². The fourth-order valence-corrected chi connectivity index (χ4v) is 0.918. The number of nitrogens with one attached hydrogen (secondary N) is 2. The number of hydrogen-bond acceptors (Lipinski definition) is 2. The molecule has 0 spiro atoms. The lowest BCUT2D eigenvalue weighted by molar-refractivity contribution is -0.188. The summed E-state index contributed by atoms with van der Waals surface area (Å²) in [5.41, 5.74) is 0. The predicted molar refractivity (Wildman–Crippen MR) is 51.8 cm³/mol. The Balaban J connectivity index is 4.19. The maximum Gasteiger partial charge on any atom is 0.394 e. The van der Waals surface area contributed by atoms with E-state index in [1.807, 2.05) is 0 Å². The molecule has 100 valence electrons. The summed E-state index contributed by atoms with van der Waals surface area (Å²) >= 11 is 0. The maximum absolute atomic E-state index is 13.1. The van der Waals surface area contributed by atoms with Crippen molar-refractivity contribution >= 4 is 11.8 Å². The molecule has 0 aliphatic rings. The second-order valence-electron chi connectivity index (χ2n) is 3.40. The standard InChI is InChI=1S/C9H14F4N2O2/c1-3-14-6(16)4-15-8(17)7(10)5(2)9(11,12)13/h5,7H,3-4H2,1-2H3,(H,14,16)(H,15,17). The smallest absolute Gasteiger partial charge is 0.355 e. The SMILES string of the molecule is CCNC(=O)CNC(=O)C(F)C(C)C(F)(F)F. The van der Waals surface area contributed by atoms with Gasteiger partial charge in [-0.3, -0.25) is 9.59 Å². The highest BCUT2D eigenvalue weighted by Gasteiger charge is 2.44. The molecule has 0 fully saturated rings. The molecule has 17 heavy (non-hydrogen) atoms. The summed E-state index contributed by atoms with van der Waals surface area (Å²) in [5, 5.41) is 4.09. The number of hydrogen-bond donors (Lipinski definition) is 2. The van der Waals surface area contributed by atoms with E-state index in [0.29, 0.717) is 13.5 Å². The zero-order valence-corrected chi connectivity index (χ0v) is 9.40. The Bertz CT molecular complexity index is 281. The van der Waals surface area contributed by atoms with Crippen LogP contribution in [-0.4, -0.2) is 37.3 Å². The number of halogens is 4. The van der Waals surface area contributed by atoms with Gasteiger partial charge in [-0.1, -0.05) is 6.92 Å². The minimum absolute atomic E-state index is 0.312. The van der Waals surface area contributed by atoms with Crippen molar-refractivity contribution in [2.45, 2.75) is 26.2 Å². The Morgan fingerprint density at radius 2 is 1.76 bits per heavy atom. The second kappa shape index (κ2) is 6.41. The van der Waals surface area contributed by atoms with Crippen LogP contribution in [0.25, 0.3) is 0 Å². The Morgan fingerprint density at radius 1 is 1.24 bits per heavy atom. The van der Waals surface area contributed by atoms with Crippen molar-refractivity contribution in [3.63, 3.8) is 0 Å². The van der Waals surface area contributed by atoms with Gasteiger partial charge in [-0.05, 0) is 6.92 Å². The molecule has 0 aliphatic heterocycles. The van der Waals surface area contributed by atoms with E-state index in [-0.39, 0.29) is 0 Å². The van der Waals surface area contributed by atoms with E-state index in [2.05, 4.69) is 5.32 Å². The molecule has 2 amide bonds. The van der Waals surface area contributed by atoms with Crippen molar-refractivity contribution < 1.29 is 27.2 Å². The van der Waals surface area contributed by atoms with Crippen LogP contribution in [0.4, 0.5) is 17.6 Å². The van der Waals surface area contributed by atoms with Crippen molar-refractivity contribution in [3.05, 3.63) is 0 Å². The van der Waals surface area contributed by atoms with Crippen LogP contribution in [0.5, 0.6) is 0 Å². The van der Waals surface area contributed by atoms with E-state index in [1.165, 1.54) is 0 Å². The summed E-state index contributed by atoms with van der Waals surface area (Å²) in [6.45, 7) is 1.96. The highest BCUT2D eigenvalue weighted by molar-refractivity contribution is 5.86. The number of alkyl halides is 4. The molecule has 2 unspecified atom stereocenters. The molecule has 4 nitrogen and oxygen atoms in total. The molecular formula is C9H14F4N2O2. The van der Waals surface area contributed by atoms with Crippen LogP contribution in [0.15, 0.2) is 0 Å². The highest BCUT2D eigenvalue weighted by atomic mass is 19.4. The van der Waals surface area contributed by atoms with Crippen molar-refractivity contribution in [2.24, 2.45) is 5.92 Å². The molecule has 0 aliphatic carbocycles. The third-order valence-corrected chi connectivity index (χ3v) is 2.00. The van der Waals surface area contributed by atoms with E-state index >= 15 is 0 Å². The minimum atomic E-state index is -4.79. The predicted octanol–water partition coefficient (Wildman–Crippen LogP) is 0.775. The van der Waals surface area contributed by atoms with Crippen molar-refractivity contribution in [1.29, 1.82) is 0 Å². The molecule has 2 N–H and O–H groups in total. The van der Waals surface area contributed by atoms with Crippen LogP contribution in [0.2, 0.25) is 0 Å². The van der Waals surface area contributed by atoms with Gasteiger partial charge in [-0.25, -0.2) is 4.39 Å². The molecule has 0 aromatic carbocycles. The van der Waals surface area contributed by atoms with Gasteiger partial charge in [0, 0.05) is 6.54 Å². The van der Waals surface area contributed by atoms with E-state index in [0.717, 1.165) is 0 Å². The van der Waals surface area contributed by atoms with E-state index in [4.69, 9.17) is 0 Å². The molecule has 0 heterocycles. The molecule has 0 bridgehead atoms. The zero-order valence-electron chi connectivity index (χ0n) is 9.40. The first-order valence-corrected chi connectivity index (χ1v) is 4.95. The Kier molecular flexibility index (Phi) is 5.90. The van der Waals surface area contributed by atoms with Crippen molar-refractivity contribution in [3.8, 4) is 0 Å². The molecule has 0 aromatic rings. The summed E-state index contributed by atoms with van der Waals surface area (Å²) in [5.74, 6) is -4.44. The maximum atomic E-state index is 13.1. The summed E-state index contributed by atoms with van der Waals surface area (Å²) in [6, 6.07) is 0. The summed E-state index contributed by atoms with van der Waals surface area (Å²) < 4.78 is 49.3. The number of carbonyl (C=O) groups is 2. The van der Waals surface area contributed by atoms with E-state index < -0.39 is 36.6 Å². The number of carbonyl (C=O) groups excluding carboxylic acids is 2. The zero-order chi connectivity index (χ0) is 13.6. The van der Waals surface area contributed by atoms with Gasteiger partial charge in [0.1, 0.15) is 0 Å². The Labute approximate surface area is 95.7 Å². The van der Waals surface area contributed by atoms with Gasteiger partial charge >= 0.3 is 6.18 Å². The average molecular weight is 258 g/mol. The minimum Gasteiger partial charge on any atom is -0.355 e. The van der Waals surface area contributed by atoms with Crippen LogP contribution in [0, 0.1) is 5.92 Å². The van der Waals surface area contributed by atoms with Crippen molar-refractivity contribution in [2.75, 3.05) is 13.1 Å². The van der Waals surface area contributed by atoms with Crippen LogP contribution >= 0.6 is 0 Å². The van der Waals surface area contributed by atoms with Crippen LogP contribution in [0.3, 0.4) is 0 Å². The lowest BCUT2D eigenvalue weighted by Gasteiger charge is -2.18. The molecule has 0 saturated heterocycles. The largest absolute Gasteiger partial charge is 0.394 e. The molecule has 0 saturated carbocycles. The van der Waals surface area contributed by atoms with Gasteiger partial charge < -0.3 is 10.6 Å². The first-order valence-electron chi connectivity index (χ1n) is 4.95. The number of likely N-dealkylation sites (N-methyl/N-ethyl adjacent to an activating group) is 1. The number of rotatable bonds is 5. The Morgan fingerprint density at radius 3 is 2.18 bits per heavy atom. The van der Waals surface area contributed by atoms with Gasteiger partial charge in [0.2, 0.25) is 5.91 Å². The van der Waals surface area contributed by atoms with Gasteiger partial charge in [0.05, 0.1) is 12.5 Å². The second-order valence-corrected chi connectivity index (χ2v) is 3.40. The fourth-order valence-electron chi connectivity index (χ4n) is 0.918. The summed E-state index contributed by atoms with van der Waals surface area (Å²) in [6.07, 6.45) is -7.51. The Hall–Kier alpha value is -1.34. The van der Waals surface area contributed by atoms with Crippen LogP contribution in [-0.2, 0) is 9.59 Å². The topological polar surface area (TPSA) is 58.2 Å². The first-order chi connectivity index (χ1) is 7.70. The lowest BCUT2D eigenvalue weighted by atomic mass is 10.1. The lowest BCUT2D eigenvalue weighted by Crippen LogP contribution is -2.44. The fraction of sp³-hybridized carbons (Fsp3) is 0.778. The van der Waals surface area contributed by atoms with E-state index in [1.54, 1.807) is 12.2 Å². The average Bonchev–Trinajstić information content (AvgIpc) is 2.23. The monoisotopic (exact) mass is 258 g/mol. The molecule has 0 aromatic heterocycles. The molecule has 2 atom stereocenters. The molecule has 0 radical (unpaired) electrons. The molecule has 8 heteroatoms. The van der Waals surface area contributed by atoms with Crippen LogP contribution in [0.1, 0.15) is 13.8 Å². The van der Waals surface area contributed by atoms with Crippen LogP contribution < -0.4 is 10.6 Å². The molecular weight excluding hydrogens is 244 g/mol. The van der Waals surface area contributed by atoms with E-state index in [9.17, 15) is 27.2 Å². The summed E-state index contributed by atoms with van der Waals surface area (Å²) in [7, 11) is 0. The van der Waals surface area contributed by atoms with Gasteiger partial charge in [-0.15, -0.1) is 0 Å². The van der Waals surface area contributed by atoms with Gasteiger partial charge in [0.25, 0.3) is 5.91 Å². The third-order valence-electron chi connectivity index (χ3n) is 2.00.